The Hall–Kier alpha value is -3.43. The number of thiophene rings is 1. The van der Waals surface area contributed by atoms with Gasteiger partial charge in [0.05, 0.1) is 14.2 Å². The Bertz CT molecular complexity index is 1070. The maximum absolute atomic E-state index is 12.4. The lowest BCUT2D eigenvalue weighted by atomic mass is 10.1. The summed E-state index contributed by atoms with van der Waals surface area (Å²) in [5.74, 6) is -0.434. The fourth-order valence-electron chi connectivity index (χ4n) is 2.84. The summed E-state index contributed by atoms with van der Waals surface area (Å²) >= 11 is 1.61. The lowest BCUT2D eigenvalue weighted by molar-refractivity contribution is -0.127. The molecule has 30 heavy (non-hydrogen) atoms. The van der Waals surface area contributed by atoms with Crippen molar-refractivity contribution in [3.05, 3.63) is 59.0 Å². The van der Waals surface area contributed by atoms with Crippen LogP contribution in [0.2, 0.25) is 0 Å². The maximum Gasteiger partial charge on any atom is 0.264 e. The summed E-state index contributed by atoms with van der Waals surface area (Å²) in [6, 6.07) is 11.1. The van der Waals surface area contributed by atoms with Crippen LogP contribution in [0, 0.1) is 0 Å². The van der Waals surface area contributed by atoms with Gasteiger partial charge in [-0.15, -0.1) is 11.3 Å². The first-order chi connectivity index (χ1) is 14.6. The van der Waals surface area contributed by atoms with Gasteiger partial charge in [-0.05, 0) is 40.6 Å². The average Bonchev–Trinajstić information content (AvgIpc) is 3.19. The number of methoxy groups -OCH3 is 2. The molecule has 2 amide bonds. The summed E-state index contributed by atoms with van der Waals surface area (Å²) in [5, 5.41) is 5.49. The molecule has 0 saturated heterocycles. The minimum Gasteiger partial charge on any atom is -0.493 e. The third-order valence-corrected chi connectivity index (χ3v) is 5.41. The number of rotatable bonds is 9. The molecule has 1 atom stereocenters. The van der Waals surface area contributed by atoms with Crippen molar-refractivity contribution in [2.45, 2.75) is 12.6 Å². The van der Waals surface area contributed by atoms with Crippen molar-refractivity contribution in [1.29, 1.82) is 0 Å². The molecule has 9 heteroatoms. The van der Waals surface area contributed by atoms with Gasteiger partial charge in [0.2, 0.25) is 0 Å². The van der Waals surface area contributed by atoms with E-state index in [1.54, 1.807) is 17.4 Å². The molecule has 1 heterocycles. The van der Waals surface area contributed by atoms with Gasteiger partial charge >= 0.3 is 0 Å². The molecule has 8 nitrogen and oxygen atoms in total. The van der Waals surface area contributed by atoms with Crippen molar-refractivity contribution in [2.75, 3.05) is 14.2 Å². The fourth-order valence-corrected chi connectivity index (χ4v) is 3.80. The molecule has 1 aromatic heterocycles. The number of aldehydes is 1. The number of hydrogen-bond donors (Lipinski definition) is 3. The first kappa shape index (κ1) is 21.3. The van der Waals surface area contributed by atoms with Crippen LogP contribution in [0.25, 0.3) is 10.1 Å². The lowest BCUT2D eigenvalue weighted by Crippen LogP contribution is -2.51. The van der Waals surface area contributed by atoms with Crippen LogP contribution in [0.3, 0.4) is 0 Å². The van der Waals surface area contributed by atoms with E-state index in [1.807, 2.05) is 29.6 Å². The molecule has 3 aromatic rings. The molecule has 3 rings (SSSR count). The second-order valence-electron chi connectivity index (χ2n) is 6.26. The zero-order chi connectivity index (χ0) is 21.5. The van der Waals surface area contributed by atoms with Crippen molar-refractivity contribution in [1.82, 2.24) is 16.2 Å². The van der Waals surface area contributed by atoms with Gasteiger partial charge in [0.25, 0.3) is 11.8 Å². The first-order valence-corrected chi connectivity index (χ1v) is 9.91. The second kappa shape index (κ2) is 9.86. The molecule has 0 aliphatic heterocycles. The van der Waals surface area contributed by atoms with Gasteiger partial charge in [0.1, 0.15) is 0 Å². The Morgan fingerprint density at radius 1 is 1.10 bits per heavy atom. The number of hydrogen-bond acceptors (Lipinski definition) is 7. The van der Waals surface area contributed by atoms with Crippen molar-refractivity contribution in [2.24, 2.45) is 0 Å². The molecule has 156 valence electrons. The molecule has 0 aliphatic carbocycles. The predicted molar refractivity (Wildman–Crippen MR) is 114 cm³/mol. The van der Waals surface area contributed by atoms with Gasteiger partial charge in [0.15, 0.2) is 23.8 Å². The Morgan fingerprint density at radius 2 is 1.87 bits per heavy atom. The number of fused-ring (bicyclic) bond motifs is 1. The van der Waals surface area contributed by atoms with E-state index in [1.165, 1.54) is 26.4 Å². The Balaban J connectivity index is 1.58. The van der Waals surface area contributed by atoms with Crippen molar-refractivity contribution in [3.63, 3.8) is 0 Å². The summed E-state index contributed by atoms with van der Waals surface area (Å²) in [4.78, 5) is 36.1. The SMILES string of the molecule is COc1ccc(C(=O)NC(C=O)C(=O)NNCc2csc3ccccc23)cc1OC. The molecular formula is C21H21N3O5S. The van der Waals surface area contributed by atoms with Gasteiger partial charge in [-0.2, -0.15) is 0 Å². The zero-order valence-corrected chi connectivity index (χ0v) is 17.2. The van der Waals surface area contributed by atoms with Crippen LogP contribution < -0.4 is 25.6 Å². The second-order valence-corrected chi connectivity index (χ2v) is 7.17. The van der Waals surface area contributed by atoms with E-state index in [4.69, 9.17) is 9.47 Å². The largest absolute Gasteiger partial charge is 0.493 e. The number of amides is 2. The third kappa shape index (κ3) is 4.76. The Labute approximate surface area is 177 Å². The number of ether oxygens (including phenoxy) is 2. The summed E-state index contributed by atoms with van der Waals surface area (Å²) in [6.07, 6.45) is 0.371. The number of benzene rings is 2. The van der Waals surface area contributed by atoms with Gasteiger partial charge in [-0.1, -0.05) is 18.2 Å². The summed E-state index contributed by atoms with van der Waals surface area (Å²) < 4.78 is 11.4. The quantitative estimate of drug-likeness (QED) is 0.274. The smallest absolute Gasteiger partial charge is 0.264 e. The topological polar surface area (TPSA) is 106 Å². The summed E-state index contributed by atoms with van der Waals surface area (Å²) in [5.41, 5.74) is 6.51. The molecule has 0 radical (unpaired) electrons. The van der Waals surface area contributed by atoms with Crippen LogP contribution in [0.15, 0.2) is 47.8 Å². The van der Waals surface area contributed by atoms with Gasteiger partial charge < -0.3 is 19.6 Å². The molecule has 0 fully saturated rings. The number of carbonyl (C=O) groups excluding carboxylic acids is 3. The normalized spacial score (nSPS) is 11.5. The van der Waals surface area contributed by atoms with Crippen LogP contribution in [0.4, 0.5) is 0 Å². The third-order valence-electron chi connectivity index (χ3n) is 4.40. The maximum atomic E-state index is 12.4. The van der Waals surface area contributed by atoms with E-state index < -0.39 is 17.9 Å². The molecular weight excluding hydrogens is 406 g/mol. The van der Waals surface area contributed by atoms with Crippen molar-refractivity contribution in [3.8, 4) is 11.5 Å². The van der Waals surface area contributed by atoms with E-state index in [2.05, 4.69) is 16.2 Å². The highest BCUT2D eigenvalue weighted by Crippen LogP contribution is 2.27. The number of nitrogens with one attached hydrogen (secondary N) is 3. The molecule has 1 unspecified atom stereocenters. The molecule has 3 N–H and O–H groups in total. The highest BCUT2D eigenvalue weighted by atomic mass is 32.1. The van der Waals surface area contributed by atoms with Crippen LogP contribution in [0.5, 0.6) is 11.5 Å². The van der Waals surface area contributed by atoms with Crippen LogP contribution in [-0.2, 0) is 16.1 Å². The number of carbonyl (C=O) groups is 3. The summed E-state index contributed by atoms with van der Waals surface area (Å²) in [7, 11) is 2.93. The minimum atomic E-state index is -1.35. The number of hydrazine groups is 1. The van der Waals surface area contributed by atoms with Gasteiger partial charge in [-0.3, -0.25) is 15.0 Å². The average molecular weight is 427 g/mol. The zero-order valence-electron chi connectivity index (χ0n) is 16.4. The molecule has 0 bridgehead atoms. The Kier molecular flexibility index (Phi) is 6.99. The molecule has 0 saturated carbocycles. The van der Waals surface area contributed by atoms with Crippen molar-refractivity contribution < 1.29 is 23.9 Å². The lowest BCUT2D eigenvalue weighted by Gasteiger charge is -2.14. The van der Waals surface area contributed by atoms with Crippen LogP contribution >= 0.6 is 11.3 Å². The highest BCUT2D eigenvalue weighted by Gasteiger charge is 2.21. The first-order valence-electron chi connectivity index (χ1n) is 9.03. The van der Waals surface area contributed by atoms with E-state index in [0.29, 0.717) is 24.3 Å². The van der Waals surface area contributed by atoms with E-state index in [9.17, 15) is 14.4 Å². The predicted octanol–water partition coefficient (Wildman–Crippen LogP) is 2.04. The van der Waals surface area contributed by atoms with Gasteiger partial charge in [0, 0.05) is 16.8 Å². The van der Waals surface area contributed by atoms with E-state index >= 15 is 0 Å². The molecule has 0 spiro atoms. The molecule has 2 aromatic carbocycles. The van der Waals surface area contributed by atoms with Gasteiger partial charge in [-0.25, -0.2) is 5.43 Å². The molecule has 0 aliphatic rings. The van der Waals surface area contributed by atoms with Crippen LogP contribution in [-0.4, -0.2) is 38.4 Å². The van der Waals surface area contributed by atoms with E-state index in [-0.39, 0.29) is 5.56 Å². The van der Waals surface area contributed by atoms with E-state index in [0.717, 1.165) is 15.6 Å². The standard InChI is InChI=1S/C21H21N3O5S/c1-28-17-8-7-13(9-18(17)29-2)20(26)23-16(11-25)21(27)24-22-10-14-12-30-19-6-4-3-5-15(14)19/h3-9,11-12,16,22H,10H2,1-2H3,(H,23,26)(H,24,27). The summed E-state index contributed by atoms with van der Waals surface area (Å²) in [6.45, 7) is 0.380. The van der Waals surface area contributed by atoms with Crippen LogP contribution in [0.1, 0.15) is 15.9 Å². The monoisotopic (exact) mass is 427 g/mol. The van der Waals surface area contributed by atoms with Crippen molar-refractivity contribution >= 4 is 39.5 Å². The minimum absolute atomic E-state index is 0.227. The Morgan fingerprint density at radius 3 is 2.60 bits per heavy atom. The highest BCUT2D eigenvalue weighted by molar-refractivity contribution is 7.17. The fraction of sp³-hybridized carbons (Fsp3) is 0.190.